The highest BCUT2D eigenvalue weighted by molar-refractivity contribution is 8.00. The van der Waals surface area contributed by atoms with Gasteiger partial charge < -0.3 is 5.32 Å². The minimum absolute atomic E-state index is 0.0456. The first-order valence-corrected chi connectivity index (χ1v) is 9.37. The Hall–Kier alpha value is -1.74. The van der Waals surface area contributed by atoms with E-state index in [2.05, 4.69) is 17.4 Å². The average molecular weight is 325 g/mol. The fraction of sp³-hybridized carbons (Fsp3) is 0.350. The summed E-state index contributed by atoms with van der Waals surface area (Å²) in [5.41, 5.74) is 2.31. The summed E-state index contributed by atoms with van der Waals surface area (Å²) in [6.45, 7) is 0. The van der Waals surface area contributed by atoms with Crippen molar-refractivity contribution in [2.24, 2.45) is 0 Å². The number of amides is 1. The van der Waals surface area contributed by atoms with Crippen LogP contribution in [-0.2, 0) is 4.79 Å². The Morgan fingerprint density at radius 1 is 0.957 bits per heavy atom. The molecule has 0 atom stereocenters. The van der Waals surface area contributed by atoms with Crippen molar-refractivity contribution in [1.29, 1.82) is 0 Å². The highest BCUT2D eigenvalue weighted by Crippen LogP contribution is 2.33. The number of benzene rings is 2. The molecule has 3 rings (SSSR count). The summed E-state index contributed by atoms with van der Waals surface area (Å²) in [5.74, 6) is 1.19. The standard InChI is InChI=1S/C20H23NOS/c22-20(15-23-19-9-5-2-6-10-19)21-18-13-11-17(12-14-18)16-7-3-1-4-8-16/h2,5-6,9-14,16H,1,3-4,7-8,15H2,(H,21,22). The van der Waals surface area contributed by atoms with E-state index in [1.54, 1.807) is 11.8 Å². The van der Waals surface area contributed by atoms with Gasteiger partial charge in [-0.05, 0) is 48.6 Å². The first-order valence-electron chi connectivity index (χ1n) is 8.39. The van der Waals surface area contributed by atoms with Crippen LogP contribution in [0, 0.1) is 0 Å². The van der Waals surface area contributed by atoms with Crippen molar-refractivity contribution in [2.45, 2.75) is 42.9 Å². The van der Waals surface area contributed by atoms with Crippen LogP contribution in [0.1, 0.15) is 43.6 Å². The van der Waals surface area contributed by atoms with Crippen molar-refractivity contribution in [1.82, 2.24) is 0 Å². The lowest BCUT2D eigenvalue weighted by molar-refractivity contribution is -0.113. The molecule has 120 valence electrons. The van der Waals surface area contributed by atoms with Crippen molar-refractivity contribution in [3.8, 4) is 0 Å². The van der Waals surface area contributed by atoms with E-state index in [-0.39, 0.29) is 5.91 Å². The predicted octanol–water partition coefficient (Wildman–Crippen LogP) is 5.47. The lowest BCUT2D eigenvalue weighted by atomic mass is 9.84. The van der Waals surface area contributed by atoms with Crippen molar-refractivity contribution in [3.05, 3.63) is 60.2 Å². The number of nitrogens with one attached hydrogen (secondary N) is 1. The third-order valence-electron chi connectivity index (χ3n) is 4.38. The number of anilines is 1. The molecule has 2 nitrogen and oxygen atoms in total. The van der Waals surface area contributed by atoms with Gasteiger partial charge >= 0.3 is 0 Å². The number of carbonyl (C=O) groups excluding carboxylic acids is 1. The lowest BCUT2D eigenvalue weighted by Gasteiger charge is -2.22. The van der Waals surface area contributed by atoms with Gasteiger partial charge in [0.15, 0.2) is 0 Å². The lowest BCUT2D eigenvalue weighted by Crippen LogP contribution is -2.14. The van der Waals surface area contributed by atoms with Crippen molar-refractivity contribution in [3.63, 3.8) is 0 Å². The van der Waals surface area contributed by atoms with Crippen LogP contribution in [-0.4, -0.2) is 11.7 Å². The minimum atomic E-state index is 0.0456. The van der Waals surface area contributed by atoms with Crippen LogP contribution >= 0.6 is 11.8 Å². The van der Waals surface area contributed by atoms with Crippen LogP contribution in [0.2, 0.25) is 0 Å². The van der Waals surface area contributed by atoms with E-state index in [0.717, 1.165) is 10.6 Å². The molecule has 3 heteroatoms. The van der Waals surface area contributed by atoms with Gasteiger partial charge in [-0.2, -0.15) is 0 Å². The van der Waals surface area contributed by atoms with Gasteiger partial charge in [0, 0.05) is 10.6 Å². The van der Waals surface area contributed by atoms with Gasteiger partial charge in [0.2, 0.25) is 5.91 Å². The van der Waals surface area contributed by atoms with Crippen molar-refractivity contribution >= 4 is 23.4 Å². The topological polar surface area (TPSA) is 29.1 Å². The fourth-order valence-electron chi connectivity index (χ4n) is 3.14. The Labute approximate surface area is 142 Å². The summed E-state index contributed by atoms with van der Waals surface area (Å²) in [6, 6.07) is 18.4. The Bertz CT molecular complexity index is 618. The van der Waals surface area contributed by atoms with Gasteiger partial charge in [0.05, 0.1) is 5.75 Å². The molecule has 0 unspecified atom stereocenters. The van der Waals surface area contributed by atoms with Crippen LogP contribution in [0.5, 0.6) is 0 Å². The zero-order valence-electron chi connectivity index (χ0n) is 13.3. The van der Waals surface area contributed by atoms with E-state index in [0.29, 0.717) is 11.7 Å². The van der Waals surface area contributed by atoms with Crippen molar-refractivity contribution < 1.29 is 4.79 Å². The Morgan fingerprint density at radius 3 is 2.35 bits per heavy atom. The molecular formula is C20H23NOS. The first kappa shape index (κ1) is 16.1. The highest BCUT2D eigenvalue weighted by atomic mass is 32.2. The Kier molecular flexibility index (Phi) is 5.76. The molecule has 0 saturated heterocycles. The van der Waals surface area contributed by atoms with E-state index < -0.39 is 0 Å². The van der Waals surface area contributed by atoms with E-state index in [1.165, 1.54) is 37.7 Å². The summed E-state index contributed by atoms with van der Waals surface area (Å²) in [4.78, 5) is 13.2. The number of hydrogen-bond donors (Lipinski definition) is 1. The zero-order chi connectivity index (χ0) is 15.9. The molecular weight excluding hydrogens is 302 g/mol. The second kappa shape index (κ2) is 8.21. The summed E-state index contributed by atoms with van der Waals surface area (Å²) in [5, 5.41) is 2.98. The molecule has 0 radical (unpaired) electrons. The third-order valence-corrected chi connectivity index (χ3v) is 5.40. The molecule has 1 amide bonds. The molecule has 1 aliphatic carbocycles. The monoisotopic (exact) mass is 325 g/mol. The highest BCUT2D eigenvalue weighted by Gasteiger charge is 2.15. The molecule has 1 fully saturated rings. The second-order valence-corrected chi connectivity index (χ2v) is 7.16. The van der Waals surface area contributed by atoms with E-state index >= 15 is 0 Å². The van der Waals surface area contributed by atoms with Crippen LogP contribution in [0.25, 0.3) is 0 Å². The largest absolute Gasteiger partial charge is 0.325 e. The second-order valence-electron chi connectivity index (χ2n) is 6.11. The number of hydrogen-bond acceptors (Lipinski definition) is 2. The van der Waals surface area contributed by atoms with Gasteiger partial charge in [0.25, 0.3) is 0 Å². The fourth-order valence-corrected chi connectivity index (χ4v) is 3.86. The molecule has 0 heterocycles. The summed E-state index contributed by atoms with van der Waals surface area (Å²) in [6.07, 6.45) is 6.68. The van der Waals surface area contributed by atoms with Gasteiger partial charge in [-0.15, -0.1) is 11.8 Å². The molecule has 0 bridgehead atoms. The Morgan fingerprint density at radius 2 is 1.65 bits per heavy atom. The van der Waals surface area contributed by atoms with E-state index in [9.17, 15) is 4.79 Å². The van der Waals surface area contributed by atoms with E-state index in [1.807, 2.05) is 42.5 Å². The minimum Gasteiger partial charge on any atom is -0.325 e. The zero-order valence-corrected chi connectivity index (χ0v) is 14.1. The third kappa shape index (κ3) is 4.87. The van der Waals surface area contributed by atoms with Crippen molar-refractivity contribution in [2.75, 3.05) is 11.1 Å². The smallest absolute Gasteiger partial charge is 0.234 e. The molecule has 0 spiro atoms. The molecule has 2 aromatic rings. The maximum absolute atomic E-state index is 12.0. The van der Waals surface area contributed by atoms with Gasteiger partial charge in [-0.3, -0.25) is 4.79 Å². The van der Waals surface area contributed by atoms with Gasteiger partial charge in [0.1, 0.15) is 0 Å². The van der Waals surface area contributed by atoms with Crippen LogP contribution in [0.3, 0.4) is 0 Å². The number of thioether (sulfide) groups is 1. The number of rotatable bonds is 5. The normalized spacial score (nSPS) is 15.3. The summed E-state index contributed by atoms with van der Waals surface area (Å²) in [7, 11) is 0. The van der Waals surface area contributed by atoms with Gasteiger partial charge in [-0.1, -0.05) is 49.6 Å². The number of carbonyl (C=O) groups is 1. The molecule has 1 saturated carbocycles. The maximum atomic E-state index is 12.0. The summed E-state index contributed by atoms with van der Waals surface area (Å²) >= 11 is 1.56. The SMILES string of the molecule is O=C(CSc1ccccc1)Nc1ccc(C2CCCCC2)cc1. The van der Waals surface area contributed by atoms with Crippen LogP contribution < -0.4 is 5.32 Å². The molecule has 1 N–H and O–H groups in total. The van der Waals surface area contributed by atoms with Crippen LogP contribution in [0.15, 0.2) is 59.5 Å². The molecule has 2 aromatic carbocycles. The Balaban J connectivity index is 1.50. The molecule has 1 aliphatic rings. The average Bonchev–Trinajstić information content (AvgIpc) is 2.62. The predicted molar refractivity (Wildman–Crippen MR) is 98.1 cm³/mol. The first-order chi connectivity index (χ1) is 11.3. The van der Waals surface area contributed by atoms with Crippen LogP contribution in [0.4, 0.5) is 5.69 Å². The van der Waals surface area contributed by atoms with Gasteiger partial charge in [-0.25, -0.2) is 0 Å². The quantitative estimate of drug-likeness (QED) is 0.739. The van der Waals surface area contributed by atoms with E-state index in [4.69, 9.17) is 0 Å². The summed E-state index contributed by atoms with van der Waals surface area (Å²) < 4.78 is 0. The maximum Gasteiger partial charge on any atom is 0.234 e. The molecule has 0 aromatic heterocycles. The molecule has 23 heavy (non-hydrogen) atoms. The molecule has 0 aliphatic heterocycles.